The second-order valence-corrected chi connectivity index (χ2v) is 12.2. The molecule has 4 aromatic rings. The molecule has 1 saturated carbocycles. The van der Waals surface area contributed by atoms with Gasteiger partial charge in [-0.05, 0) is 60.2 Å². The number of hydrogen-bond donors (Lipinski definition) is 0. The summed E-state index contributed by atoms with van der Waals surface area (Å²) in [6.45, 7) is 5.17. The predicted molar refractivity (Wildman–Crippen MR) is 162 cm³/mol. The highest BCUT2D eigenvalue weighted by Gasteiger charge is 2.46. The molecule has 1 amide bonds. The van der Waals surface area contributed by atoms with E-state index in [2.05, 4.69) is 50.7 Å². The Morgan fingerprint density at radius 3 is 2.44 bits per heavy atom. The first kappa shape index (κ1) is 29.0. The molecule has 222 valence electrons. The molecule has 2 fully saturated rings. The summed E-state index contributed by atoms with van der Waals surface area (Å²) in [7, 11) is 0. The van der Waals surface area contributed by atoms with Gasteiger partial charge in [0.05, 0.1) is 5.69 Å². The summed E-state index contributed by atoms with van der Waals surface area (Å²) in [6, 6.07) is 21.6. The molecule has 1 saturated heterocycles. The van der Waals surface area contributed by atoms with Gasteiger partial charge in [0.1, 0.15) is 12.1 Å². The number of carbonyl (C=O) groups excluding carboxylic acids is 1. The van der Waals surface area contributed by atoms with Crippen molar-refractivity contribution in [2.75, 3.05) is 17.2 Å². The molecule has 0 unspecified atom stereocenters. The van der Waals surface area contributed by atoms with E-state index in [1.807, 2.05) is 36.4 Å². The molecular weight excluding hydrogens is 575 g/mol. The van der Waals surface area contributed by atoms with Gasteiger partial charge in [0, 0.05) is 35.4 Å². The van der Waals surface area contributed by atoms with Crippen LogP contribution in [-0.4, -0.2) is 44.5 Å². The number of carbonyl (C=O) groups is 1. The van der Waals surface area contributed by atoms with Gasteiger partial charge < -0.3 is 9.64 Å². The first-order valence-electron chi connectivity index (χ1n) is 14.1. The zero-order chi connectivity index (χ0) is 30.2. The maximum Gasteiger partial charge on any atom is 0.573 e. The standard InChI is InChI=1S/C32H30F3N5O2S/c1-21(2)26-5-3-4-6-27(26)39-17-18-43-30(39)37-28(41)19-31(15-16-31)23-9-7-22(8-10-23)29-36-20-40(38-29)24-11-13-25(14-12-24)42-32(33,34)35/h3-14,20-21H,15-19H2,1-2H3. The summed E-state index contributed by atoms with van der Waals surface area (Å²) < 4.78 is 42.7. The lowest BCUT2D eigenvalue weighted by molar-refractivity contribution is -0.274. The molecule has 0 N–H and O–H groups in total. The smallest absolute Gasteiger partial charge is 0.406 e. The van der Waals surface area contributed by atoms with Crippen LogP contribution < -0.4 is 9.64 Å². The van der Waals surface area contributed by atoms with E-state index < -0.39 is 6.36 Å². The van der Waals surface area contributed by atoms with Crippen LogP contribution in [0.15, 0.2) is 84.1 Å². The van der Waals surface area contributed by atoms with Crippen LogP contribution in [0.4, 0.5) is 18.9 Å². The molecule has 1 aliphatic heterocycles. The molecule has 1 aliphatic carbocycles. The van der Waals surface area contributed by atoms with Crippen molar-refractivity contribution in [3.8, 4) is 22.8 Å². The van der Waals surface area contributed by atoms with E-state index in [-0.39, 0.29) is 17.1 Å². The average Bonchev–Trinajstić information content (AvgIpc) is 3.36. The molecule has 11 heteroatoms. The largest absolute Gasteiger partial charge is 0.573 e. The summed E-state index contributed by atoms with van der Waals surface area (Å²) in [5.41, 5.74) is 4.59. The number of hydrogen-bond acceptors (Lipinski definition) is 5. The van der Waals surface area contributed by atoms with E-state index in [1.165, 1.54) is 40.8 Å². The fourth-order valence-electron chi connectivity index (χ4n) is 5.39. The molecule has 3 aromatic carbocycles. The van der Waals surface area contributed by atoms with Gasteiger partial charge in [0.2, 0.25) is 5.91 Å². The van der Waals surface area contributed by atoms with Crippen molar-refractivity contribution in [1.82, 2.24) is 14.8 Å². The first-order valence-corrected chi connectivity index (χ1v) is 15.1. The minimum Gasteiger partial charge on any atom is -0.406 e. The van der Waals surface area contributed by atoms with Crippen molar-refractivity contribution >= 4 is 28.5 Å². The number of nitrogens with zero attached hydrogens (tertiary/aromatic N) is 5. The third-order valence-electron chi connectivity index (χ3n) is 7.77. The van der Waals surface area contributed by atoms with Gasteiger partial charge in [-0.2, -0.15) is 4.99 Å². The molecule has 43 heavy (non-hydrogen) atoms. The van der Waals surface area contributed by atoms with Crippen LogP contribution in [0.3, 0.4) is 0 Å². The lowest BCUT2D eigenvalue weighted by atomic mass is 9.91. The summed E-state index contributed by atoms with van der Waals surface area (Å²) in [5.74, 6) is 1.34. The number of rotatable bonds is 8. The Morgan fingerprint density at radius 2 is 1.77 bits per heavy atom. The average molecular weight is 606 g/mol. The predicted octanol–water partition coefficient (Wildman–Crippen LogP) is 7.51. The fourth-order valence-corrected chi connectivity index (χ4v) is 6.35. The van der Waals surface area contributed by atoms with Crippen molar-refractivity contribution in [2.24, 2.45) is 4.99 Å². The Bertz CT molecular complexity index is 1640. The molecule has 2 heterocycles. The number of aromatic nitrogens is 3. The third kappa shape index (κ3) is 6.46. The summed E-state index contributed by atoms with van der Waals surface area (Å²) >= 11 is 1.63. The van der Waals surface area contributed by atoms with Gasteiger partial charge >= 0.3 is 6.36 Å². The van der Waals surface area contributed by atoms with Gasteiger partial charge in [-0.3, -0.25) is 4.79 Å². The molecule has 0 atom stereocenters. The van der Waals surface area contributed by atoms with Crippen LogP contribution in [-0.2, 0) is 10.2 Å². The normalized spacial score (nSPS) is 17.1. The number of anilines is 1. The van der Waals surface area contributed by atoms with Gasteiger partial charge in [0.15, 0.2) is 11.0 Å². The molecule has 0 bridgehead atoms. The highest BCUT2D eigenvalue weighted by molar-refractivity contribution is 8.14. The zero-order valence-corrected chi connectivity index (χ0v) is 24.5. The highest BCUT2D eigenvalue weighted by atomic mass is 32.2. The summed E-state index contributed by atoms with van der Waals surface area (Å²) in [5, 5.41) is 5.25. The quantitative estimate of drug-likeness (QED) is 0.207. The van der Waals surface area contributed by atoms with Crippen LogP contribution in [0.25, 0.3) is 17.1 Å². The highest BCUT2D eigenvalue weighted by Crippen LogP contribution is 2.51. The van der Waals surface area contributed by atoms with Gasteiger partial charge in [0.25, 0.3) is 0 Å². The van der Waals surface area contributed by atoms with Gasteiger partial charge in [-0.15, -0.1) is 18.3 Å². The van der Waals surface area contributed by atoms with Crippen molar-refractivity contribution in [3.05, 3.63) is 90.3 Å². The minimum absolute atomic E-state index is 0.106. The number of para-hydroxylation sites is 1. The lowest BCUT2D eigenvalue weighted by Crippen LogP contribution is -2.26. The van der Waals surface area contributed by atoms with Crippen molar-refractivity contribution in [1.29, 1.82) is 0 Å². The van der Waals surface area contributed by atoms with E-state index in [4.69, 9.17) is 0 Å². The number of thioether (sulfide) groups is 1. The lowest BCUT2D eigenvalue weighted by Gasteiger charge is -2.23. The topological polar surface area (TPSA) is 72.6 Å². The maximum absolute atomic E-state index is 13.2. The number of amides is 1. The third-order valence-corrected chi connectivity index (χ3v) is 8.73. The van der Waals surface area contributed by atoms with E-state index in [9.17, 15) is 18.0 Å². The molecule has 6 rings (SSSR count). The Labute approximate surface area is 251 Å². The second kappa shape index (κ2) is 11.5. The van der Waals surface area contributed by atoms with Crippen molar-refractivity contribution in [3.63, 3.8) is 0 Å². The fraction of sp³-hybridized carbons (Fsp3) is 0.312. The zero-order valence-electron chi connectivity index (χ0n) is 23.7. The Morgan fingerprint density at radius 1 is 1.05 bits per heavy atom. The van der Waals surface area contributed by atoms with Crippen LogP contribution in [0.2, 0.25) is 0 Å². The first-order chi connectivity index (χ1) is 20.6. The molecule has 0 radical (unpaired) electrons. The number of ether oxygens (including phenoxy) is 1. The van der Waals surface area contributed by atoms with Crippen molar-refractivity contribution < 1.29 is 22.7 Å². The SMILES string of the molecule is CC(C)c1ccccc1N1CCSC1=NC(=O)CC1(c2ccc(-c3ncn(-c4ccc(OC(F)(F)F)cc4)n3)cc2)CC1. The van der Waals surface area contributed by atoms with Crippen LogP contribution in [0.5, 0.6) is 5.75 Å². The Kier molecular flexibility index (Phi) is 7.76. The molecule has 0 spiro atoms. The number of benzene rings is 3. The molecule has 1 aromatic heterocycles. The van der Waals surface area contributed by atoms with E-state index in [0.717, 1.165) is 47.1 Å². The van der Waals surface area contributed by atoms with Crippen LogP contribution >= 0.6 is 11.8 Å². The van der Waals surface area contributed by atoms with Gasteiger partial charge in [-0.25, -0.2) is 9.67 Å². The van der Waals surface area contributed by atoms with E-state index >= 15 is 0 Å². The van der Waals surface area contributed by atoms with Crippen LogP contribution in [0, 0.1) is 0 Å². The minimum atomic E-state index is -4.75. The van der Waals surface area contributed by atoms with E-state index in [1.54, 1.807) is 11.8 Å². The van der Waals surface area contributed by atoms with E-state index in [0.29, 0.717) is 23.9 Å². The Hall–Kier alpha value is -4.12. The molecule has 7 nitrogen and oxygen atoms in total. The van der Waals surface area contributed by atoms with Crippen molar-refractivity contribution in [2.45, 2.75) is 50.8 Å². The number of halogens is 3. The summed E-state index contributed by atoms with van der Waals surface area (Å²) in [4.78, 5) is 24.3. The number of amidine groups is 1. The monoisotopic (exact) mass is 605 g/mol. The number of alkyl halides is 3. The van der Waals surface area contributed by atoms with Crippen LogP contribution in [0.1, 0.15) is 50.2 Å². The Balaban J connectivity index is 1.13. The number of aliphatic imine (C=N–C) groups is 1. The maximum atomic E-state index is 13.2. The second-order valence-electron chi connectivity index (χ2n) is 11.1. The molecule has 2 aliphatic rings. The molecular formula is C32H30F3N5O2S. The summed E-state index contributed by atoms with van der Waals surface area (Å²) in [6.07, 6.45) is -1.03. The van der Waals surface area contributed by atoms with Gasteiger partial charge in [-0.1, -0.05) is 68.1 Å².